The molecule has 0 saturated carbocycles. The van der Waals surface area contributed by atoms with Crippen LogP contribution in [-0.4, -0.2) is 52.6 Å². The number of rotatable bonds is 6. The summed E-state index contributed by atoms with van der Waals surface area (Å²) in [6.45, 7) is 6.70. The van der Waals surface area contributed by atoms with Crippen molar-refractivity contribution >= 4 is 45.7 Å². The number of halogens is 1. The first kappa shape index (κ1) is 22.0. The number of hydrogen-bond donors (Lipinski definition) is 3. The third kappa shape index (κ3) is 5.51. The first-order valence-electron chi connectivity index (χ1n) is 10.2. The van der Waals surface area contributed by atoms with E-state index in [4.69, 9.17) is 4.74 Å². The number of aromatic hydroxyl groups is 1. The maximum atomic E-state index is 9.99. The van der Waals surface area contributed by atoms with Gasteiger partial charge in [-0.05, 0) is 49.2 Å². The van der Waals surface area contributed by atoms with Gasteiger partial charge in [0.05, 0.1) is 19.4 Å². The van der Waals surface area contributed by atoms with Gasteiger partial charge in [-0.25, -0.2) is 5.43 Å². The van der Waals surface area contributed by atoms with Gasteiger partial charge in [0.2, 0.25) is 17.8 Å². The molecule has 1 aromatic heterocycles. The average Bonchev–Trinajstić information content (AvgIpc) is 2.79. The number of aryl methyl sites for hydroxylation is 2. The molecule has 1 aliphatic heterocycles. The first-order valence-corrected chi connectivity index (χ1v) is 11.0. The summed E-state index contributed by atoms with van der Waals surface area (Å²) in [7, 11) is 0. The topological polar surface area (TPSA) is 108 Å². The number of ether oxygens (including phenoxy) is 1. The monoisotopic (exact) mass is 497 g/mol. The molecule has 9 nitrogen and oxygen atoms in total. The summed E-state index contributed by atoms with van der Waals surface area (Å²) in [5.41, 5.74) is 6.56. The Kier molecular flexibility index (Phi) is 6.81. The maximum absolute atomic E-state index is 9.99. The Morgan fingerprint density at radius 3 is 2.66 bits per heavy atom. The largest absolute Gasteiger partial charge is 0.507 e. The lowest BCUT2D eigenvalue weighted by Crippen LogP contribution is -2.37. The van der Waals surface area contributed by atoms with Crippen molar-refractivity contribution in [1.29, 1.82) is 0 Å². The maximum Gasteiger partial charge on any atom is 0.250 e. The molecule has 3 aromatic rings. The molecule has 2 heterocycles. The second kappa shape index (κ2) is 9.92. The van der Waals surface area contributed by atoms with Crippen LogP contribution < -0.4 is 15.6 Å². The van der Waals surface area contributed by atoms with E-state index in [0.29, 0.717) is 49.7 Å². The molecule has 0 aliphatic carbocycles. The van der Waals surface area contributed by atoms with Crippen LogP contribution in [0.4, 0.5) is 23.5 Å². The van der Waals surface area contributed by atoms with Crippen molar-refractivity contribution in [2.24, 2.45) is 5.10 Å². The fraction of sp³-hybridized carbons (Fsp3) is 0.273. The quantitative estimate of drug-likeness (QED) is 0.346. The van der Waals surface area contributed by atoms with E-state index in [-0.39, 0.29) is 5.75 Å². The second-order valence-corrected chi connectivity index (χ2v) is 8.31. The molecule has 166 valence electrons. The fourth-order valence-corrected chi connectivity index (χ4v) is 3.53. The van der Waals surface area contributed by atoms with Crippen LogP contribution in [0.15, 0.2) is 46.0 Å². The fourth-order valence-electron chi connectivity index (χ4n) is 3.15. The van der Waals surface area contributed by atoms with Gasteiger partial charge in [0.1, 0.15) is 5.75 Å². The minimum Gasteiger partial charge on any atom is -0.507 e. The van der Waals surface area contributed by atoms with Gasteiger partial charge in [0, 0.05) is 28.8 Å². The molecule has 0 amide bonds. The molecule has 1 aliphatic rings. The van der Waals surface area contributed by atoms with Gasteiger partial charge in [-0.2, -0.15) is 20.1 Å². The normalized spacial score (nSPS) is 14.0. The van der Waals surface area contributed by atoms with Crippen molar-refractivity contribution < 1.29 is 9.84 Å². The Balaban J connectivity index is 1.61. The van der Waals surface area contributed by atoms with E-state index in [0.717, 1.165) is 21.3 Å². The van der Waals surface area contributed by atoms with Crippen molar-refractivity contribution in [3.8, 4) is 5.75 Å². The Hall–Kier alpha value is -3.24. The van der Waals surface area contributed by atoms with E-state index < -0.39 is 0 Å². The molecule has 4 rings (SSSR count). The summed E-state index contributed by atoms with van der Waals surface area (Å²) in [6, 6.07) is 11.3. The Labute approximate surface area is 194 Å². The summed E-state index contributed by atoms with van der Waals surface area (Å²) >= 11 is 3.39. The molecule has 2 aromatic carbocycles. The highest BCUT2D eigenvalue weighted by Crippen LogP contribution is 2.23. The average molecular weight is 498 g/mol. The van der Waals surface area contributed by atoms with Crippen molar-refractivity contribution in [3.05, 3.63) is 57.6 Å². The number of anilines is 4. The van der Waals surface area contributed by atoms with E-state index in [9.17, 15) is 5.11 Å². The van der Waals surface area contributed by atoms with E-state index in [1.807, 2.05) is 13.8 Å². The smallest absolute Gasteiger partial charge is 0.250 e. The van der Waals surface area contributed by atoms with Gasteiger partial charge < -0.3 is 20.1 Å². The summed E-state index contributed by atoms with van der Waals surface area (Å²) in [6.07, 6.45) is 1.51. The number of aromatic nitrogens is 3. The van der Waals surface area contributed by atoms with E-state index in [1.54, 1.807) is 18.2 Å². The molecule has 0 radical (unpaired) electrons. The minimum atomic E-state index is 0.126. The number of nitrogens with zero attached hydrogens (tertiary/aromatic N) is 5. The zero-order valence-corrected chi connectivity index (χ0v) is 19.4. The van der Waals surface area contributed by atoms with Crippen LogP contribution >= 0.6 is 15.9 Å². The number of benzene rings is 2. The standard InChI is InChI=1S/C22H24BrN7O2/c1-14-3-4-15(2)18(11-14)25-20-26-21(28-22(27-20)30-7-9-32-10-8-30)29-24-13-16-12-17(23)5-6-19(16)31/h3-6,11-13,31H,7-10H2,1-2H3,(H2,25,26,27,28,29)/b24-13+. The lowest BCUT2D eigenvalue weighted by atomic mass is 10.1. The molecule has 10 heteroatoms. The molecule has 3 N–H and O–H groups in total. The van der Waals surface area contributed by atoms with Crippen LogP contribution in [0.3, 0.4) is 0 Å². The zero-order chi connectivity index (χ0) is 22.5. The molecular formula is C22H24BrN7O2. The van der Waals surface area contributed by atoms with E-state index in [2.05, 4.69) is 69.8 Å². The number of morpholine rings is 1. The molecule has 0 atom stereocenters. The molecule has 0 unspecified atom stereocenters. The van der Waals surface area contributed by atoms with Gasteiger partial charge in [0.15, 0.2) is 0 Å². The van der Waals surface area contributed by atoms with Crippen LogP contribution in [0.2, 0.25) is 0 Å². The Morgan fingerprint density at radius 1 is 1.06 bits per heavy atom. The second-order valence-electron chi connectivity index (χ2n) is 7.40. The molecular weight excluding hydrogens is 474 g/mol. The Bertz CT molecular complexity index is 1130. The first-order chi connectivity index (χ1) is 15.5. The minimum absolute atomic E-state index is 0.126. The lowest BCUT2D eigenvalue weighted by molar-refractivity contribution is 0.122. The van der Waals surface area contributed by atoms with E-state index >= 15 is 0 Å². The summed E-state index contributed by atoms with van der Waals surface area (Å²) in [5, 5.41) is 17.5. The number of phenols is 1. The summed E-state index contributed by atoms with van der Waals surface area (Å²) in [5.74, 6) is 1.37. The third-order valence-corrected chi connectivity index (χ3v) is 5.41. The van der Waals surface area contributed by atoms with Gasteiger partial charge in [-0.1, -0.05) is 28.1 Å². The molecule has 32 heavy (non-hydrogen) atoms. The lowest BCUT2D eigenvalue weighted by Gasteiger charge is -2.27. The van der Waals surface area contributed by atoms with Crippen LogP contribution in [0.5, 0.6) is 5.75 Å². The SMILES string of the molecule is Cc1ccc(C)c(Nc2nc(N/N=C/c3cc(Br)ccc3O)nc(N3CCOCC3)n2)c1. The summed E-state index contributed by atoms with van der Waals surface area (Å²) < 4.78 is 6.29. The molecule has 0 spiro atoms. The highest BCUT2D eigenvalue weighted by atomic mass is 79.9. The number of hydrogen-bond acceptors (Lipinski definition) is 9. The molecule has 1 saturated heterocycles. The summed E-state index contributed by atoms with van der Waals surface area (Å²) in [4.78, 5) is 15.7. The highest BCUT2D eigenvalue weighted by Gasteiger charge is 2.17. The number of phenolic OH excluding ortho intramolecular Hbond substituents is 1. The van der Waals surface area contributed by atoms with Crippen molar-refractivity contribution in [3.63, 3.8) is 0 Å². The van der Waals surface area contributed by atoms with Crippen LogP contribution in [0.25, 0.3) is 0 Å². The van der Waals surface area contributed by atoms with Crippen molar-refractivity contribution in [2.45, 2.75) is 13.8 Å². The van der Waals surface area contributed by atoms with E-state index in [1.165, 1.54) is 6.21 Å². The van der Waals surface area contributed by atoms with Crippen molar-refractivity contribution in [2.75, 3.05) is 41.9 Å². The molecule has 1 fully saturated rings. The highest BCUT2D eigenvalue weighted by molar-refractivity contribution is 9.10. The molecule has 0 bridgehead atoms. The van der Waals surface area contributed by atoms with Gasteiger partial charge in [-0.15, -0.1) is 0 Å². The van der Waals surface area contributed by atoms with Crippen LogP contribution in [0.1, 0.15) is 16.7 Å². The van der Waals surface area contributed by atoms with Gasteiger partial charge in [-0.3, -0.25) is 0 Å². The van der Waals surface area contributed by atoms with Gasteiger partial charge in [0.25, 0.3) is 0 Å². The number of hydrazone groups is 1. The van der Waals surface area contributed by atoms with Gasteiger partial charge >= 0.3 is 0 Å². The van der Waals surface area contributed by atoms with Crippen LogP contribution in [0, 0.1) is 13.8 Å². The zero-order valence-electron chi connectivity index (χ0n) is 17.8. The Morgan fingerprint density at radius 2 is 1.84 bits per heavy atom. The number of nitrogens with one attached hydrogen (secondary N) is 2. The van der Waals surface area contributed by atoms with Crippen molar-refractivity contribution in [1.82, 2.24) is 15.0 Å². The predicted octanol–water partition coefficient (Wildman–Crippen LogP) is 3.98. The third-order valence-electron chi connectivity index (χ3n) is 4.91. The predicted molar refractivity (Wildman–Crippen MR) is 129 cm³/mol. The van der Waals surface area contributed by atoms with Crippen LogP contribution in [-0.2, 0) is 4.74 Å².